The number of hydrogen-bond donors (Lipinski definition) is 2. The molecule has 2 N–H and O–H groups in total. The van der Waals surface area contributed by atoms with E-state index in [1.54, 1.807) is 12.1 Å². The molecule has 1 rings (SSSR count). The highest BCUT2D eigenvalue weighted by Crippen LogP contribution is 2.18. The number of hydrogen-bond acceptors (Lipinski definition) is 2. The van der Waals surface area contributed by atoms with Gasteiger partial charge in [-0.25, -0.2) is 0 Å². The molecule has 0 aromatic heterocycles. The van der Waals surface area contributed by atoms with Gasteiger partial charge in [0.1, 0.15) is 6.04 Å². The monoisotopic (exact) mass is 257 g/mol. The molecule has 1 aromatic rings. The van der Waals surface area contributed by atoms with Crippen LogP contribution in [0.25, 0.3) is 0 Å². The van der Waals surface area contributed by atoms with E-state index in [1.807, 2.05) is 19.1 Å². The van der Waals surface area contributed by atoms with Crippen molar-refractivity contribution in [1.29, 1.82) is 0 Å². The number of carboxylic acid groups (broad SMARTS) is 1. The van der Waals surface area contributed by atoms with Gasteiger partial charge in [0.25, 0.3) is 0 Å². The van der Waals surface area contributed by atoms with Crippen molar-refractivity contribution in [3.63, 3.8) is 0 Å². The quantitative estimate of drug-likeness (QED) is 0.870. The van der Waals surface area contributed by atoms with Crippen LogP contribution >= 0.6 is 15.9 Å². The van der Waals surface area contributed by atoms with Gasteiger partial charge in [-0.05, 0) is 24.2 Å². The van der Waals surface area contributed by atoms with Gasteiger partial charge in [0, 0.05) is 4.47 Å². The van der Waals surface area contributed by atoms with E-state index < -0.39 is 12.0 Å². The van der Waals surface area contributed by atoms with Crippen LogP contribution in [-0.4, -0.2) is 17.6 Å². The first-order valence-electron chi connectivity index (χ1n) is 4.36. The molecule has 1 aromatic carbocycles. The van der Waals surface area contributed by atoms with Crippen molar-refractivity contribution in [3.05, 3.63) is 34.3 Å². The van der Waals surface area contributed by atoms with Crippen molar-refractivity contribution in [1.82, 2.24) is 5.32 Å². The minimum atomic E-state index is -0.857. The van der Waals surface area contributed by atoms with Gasteiger partial charge in [-0.2, -0.15) is 0 Å². The third-order valence-corrected chi connectivity index (χ3v) is 2.33. The van der Waals surface area contributed by atoms with Gasteiger partial charge in [-0.3, -0.25) is 4.79 Å². The summed E-state index contributed by atoms with van der Waals surface area (Å²) in [5.74, 6) is -0.857. The van der Waals surface area contributed by atoms with Crippen LogP contribution < -0.4 is 5.32 Å². The number of aliphatic carboxylic acids is 1. The van der Waals surface area contributed by atoms with Crippen LogP contribution in [0.1, 0.15) is 18.5 Å². The summed E-state index contributed by atoms with van der Waals surface area (Å²) in [6, 6.07) is 6.67. The van der Waals surface area contributed by atoms with E-state index in [9.17, 15) is 4.79 Å². The van der Waals surface area contributed by atoms with Gasteiger partial charge in [0.05, 0.1) is 0 Å². The zero-order valence-electron chi connectivity index (χ0n) is 7.83. The van der Waals surface area contributed by atoms with Gasteiger partial charge in [0.15, 0.2) is 0 Å². The second-order valence-electron chi connectivity index (χ2n) is 2.88. The summed E-state index contributed by atoms with van der Waals surface area (Å²) < 4.78 is 0.888. The van der Waals surface area contributed by atoms with Crippen LogP contribution in [0, 0.1) is 0 Å². The molecule has 0 fully saturated rings. The number of carbonyl (C=O) groups is 1. The van der Waals surface area contributed by atoms with E-state index >= 15 is 0 Å². The Morgan fingerprint density at radius 1 is 1.64 bits per heavy atom. The van der Waals surface area contributed by atoms with Crippen LogP contribution in [-0.2, 0) is 4.79 Å². The fourth-order valence-electron chi connectivity index (χ4n) is 1.24. The lowest BCUT2D eigenvalue weighted by Gasteiger charge is -2.13. The van der Waals surface area contributed by atoms with Crippen LogP contribution in [0.2, 0.25) is 0 Å². The maximum absolute atomic E-state index is 10.9. The highest BCUT2D eigenvalue weighted by molar-refractivity contribution is 9.10. The van der Waals surface area contributed by atoms with Crippen molar-refractivity contribution < 1.29 is 9.90 Å². The summed E-state index contributed by atoms with van der Waals surface area (Å²) in [5, 5.41) is 11.9. The standard InChI is InChI=1S/C10H12BrNO2/c1-2-12-9(10(13)14)7-4-3-5-8(11)6-7/h3-6,9,12H,2H2,1H3,(H,13,14). The molecule has 0 saturated heterocycles. The van der Waals surface area contributed by atoms with Gasteiger partial charge >= 0.3 is 5.97 Å². The third kappa shape index (κ3) is 2.82. The Labute approximate surface area is 91.3 Å². The Balaban J connectivity index is 2.93. The number of benzene rings is 1. The predicted octanol–water partition coefficient (Wildman–Crippen LogP) is 2.18. The maximum Gasteiger partial charge on any atom is 0.325 e. The summed E-state index contributed by atoms with van der Waals surface area (Å²) in [6.45, 7) is 2.51. The first-order valence-corrected chi connectivity index (χ1v) is 5.16. The van der Waals surface area contributed by atoms with E-state index in [2.05, 4.69) is 21.2 Å². The van der Waals surface area contributed by atoms with Crippen molar-refractivity contribution >= 4 is 21.9 Å². The number of nitrogens with one attached hydrogen (secondary N) is 1. The van der Waals surface area contributed by atoms with E-state index in [4.69, 9.17) is 5.11 Å². The molecule has 14 heavy (non-hydrogen) atoms. The SMILES string of the molecule is CCNC(C(=O)O)c1cccc(Br)c1. The van der Waals surface area contributed by atoms with Gasteiger partial charge in [-0.15, -0.1) is 0 Å². The van der Waals surface area contributed by atoms with E-state index in [-0.39, 0.29) is 0 Å². The summed E-state index contributed by atoms with van der Waals surface area (Å²) >= 11 is 3.31. The molecular formula is C10H12BrNO2. The molecule has 0 saturated carbocycles. The molecule has 0 aliphatic heterocycles. The number of halogens is 1. The summed E-state index contributed by atoms with van der Waals surface area (Å²) in [5.41, 5.74) is 0.758. The maximum atomic E-state index is 10.9. The highest BCUT2D eigenvalue weighted by atomic mass is 79.9. The molecular weight excluding hydrogens is 246 g/mol. The molecule has 0 spiro atoms. The Morgan fingerprint density at radius 2 is 2.36 bits per heavy atom. The topological polar surface area (TPSA) is 49.3 Å². The zero-order chi connectivity index (χ0) is 10.6. The van der Waals surface area contributed by atoms with Crippen LogP contribution in [0.4, 0.5) is 0 Å². The van der Waals surface area contributed by atoms with Crippen molar-refractivity contribution in [2.75, 3.05) is 6.54 Å². The van der Waals surface area contributed by atoms with Gasteiger partial charge < -0.3 is 10.4 Å². The predicted molar refractivity (Wildman–Crippen MR) is 58.2 cm³/mol. The number of rotatable bonds is 4. The molecule has 0 radical (unpaired) electrons. The average Bonchev–Trinajstić information content (AvgIpc) is 2.13. The summed E-state index contributed by atoms with van der Waals surface area (Å²) in [7, 11) is 0. The molecule has 3 nitrogen and oxygen atoms in total. The van der Waals surface area contributed by atoms with Crippen LogP contribution in [0.15, 0.2) is 28.7 Å². The minimum Gasteiger partial charge on any atom is -0.480 e. The second-order valence-corrected chi connectivity index (χ2v) is 3.80. The Kier molecular flexibility index (Phi) is 4.10. The lowest BCUT2D eigenvalue weighted by molar-refractivity contribution is -0.139. The lowest BCUT2D eigenvalue weighted by Crippen LogP contribution is -2.28. The van der Waals surface area contributed by atoms with Crippen molar-refractivity contribution in [2.24, 2.45) is 0 Å². The summed E-state index contributed by atoms with van der Waals surface area (Å²) in [6.07, 6.45) is 0. The molecule has 0 bridgehead atoms. The number of likely N-dealkylation sites (N-methyl/N-ethyl adjacent to an activating group) is 1. The normalized spacial score (nSPS) is 12.4. The molecule has 4 heteroatoms. The lowest BCUT2D eigenvalue weighted by atomic mass is 10.1. The first-order chi connectivity index (χ1) is 6.65. The van der Waals surface area contributed by atoms with Gasteiger partial charge in [0.2, 0.25) is 0 Å². The molecule has 1 atom stereocenters. The first kappa shape index (κ1) is 11.2. The molecule has 0 amide bonds. The molecule has 0 aliphatic rings. The average molecular weight is 258 g/mol. The Hall–Kier alpha value is -0.870. The third-order valence-electron chi connectivity index (χ3n) is 1.84. The largest absolute Gasteiger partial charge is 0.480 e. The van der Waals surface area contributed by atoms with Gasteiger partial charge in [-0.1, -0.05) is 35.0 Å². The fourth-order valence-corrected chi connectivity index (χ4v) is 1.65. The second kappa shape index (κ2) is 5.12. The Bertz CT molecular complexity index is 328. The molecule has 0 aliphatic carbocycles. The van der Waals surface area contributed by atoms with Crippen molar-refractivity contribution in [2.45, 2.75) is 13.0 Å². The zero-order valence-corrected chi connectivity index (χ0v) is 9.41. The van der Waals surface area contributed by atoms with Crippen LogP contribution in [0.3, 0.4) is 0 Å². The Morgan fingerprint density at radius 3 is 2.86 bits per heavy atom. The molecule has 1 unspecified atom stereocenters. The summed E-state index contributed by atoms with van der Waals surface area (Å²) in [4.78, 5) is 10.9. The van der Waals surface area contributed by atoms with Crippen LogP contribution in [0.5, 0.6) is 0 Å². The molecule has 76 valence electrons. The molecule has 0 heterocycles. The minimum absolute atomic E-state index is 0.627. The number of carboxylic acids is 1. The van der Waals surface area contributed by atoms with E-state index in [0.717, 1.165) is 10.0 Å². The van der Waals surface area contributed by atoms with E-state index in [0.29, 0.717) is 6.54 Å². The highest BCUT2D eigenvalue weighted by Gasteiger charge is 2.17. The van der Waals surface area contributed by atoms with E-state index in [1.165, 1.54) is 0 Å². The fraction of sp³-hybridized carbons (Fsp3) is 0.300. The smallest absolute Gasteiger partial charge is 0.325 e. The van der Waals surface area contributed by atoms with Crippen molar-refractivity contribution in [3.8, 4) is 0 Å².